The molecule has 0 radical (unpaired) electrons. The minimum atomic E-state index is 0.534. The molecule has 0 bridgehead atoms. The largest absolute Gasteiger partial charge is 0.381 e. The molecule has 80 valence electrons. The van der Waals surface area contributed by atoms with Gasteiger partial charge in [-0.1, -0.05) is 12.1 Å². The zero-order valence-corrected chi connectivity index (χ0v) is 10.7. The van der Waals surface area contributed by atoms with Gasteiger partial charge in [-0.2, -0.15) is 0 Å². The minimum absolute atomic E-state index is 0.534. The molecule has 2 N–H and O–H groups in total. The van der Waals surface area contributed by atoms with Gasteiger partial charge in [0.2, 0.25) is 0 Å². The van der Waals surface area contributed by atoms with Crippen LogP contribution < -0.4 is 5.73 Å². The Morgan fingerprint density at radius 2 is 2.40 bits per heavy atom. The van der Waals surface area contributed by atoms with Crippen molar-refractivity contribution in [2.75, 3.05) is 5.73 Å². The summed E-state index contributed by atoms with van der Waals surface area (Å²) in [6, 6.07) is 2.09. The summed E-state index contributed by atoms with van der Waals surface area (Å²) in [6.07, 6.45) is 0.851. The van der Waals surface area contributed by atoms with Crippen LogP contribution in [0, 0.1) is 0 Å². The zero-order valence-electron chi connectivity index (χ0n) is 8.27. The fourth-order valence-electron chi connectivity index (χ4n) is 1.44. The number of anilines is 1. The summed E-state index contributed by atoms with van der Waals surface area (Å²) in [5.41, 5.74) is 7.92. The molecule has 0 spiro atoms. The molecular formula is C9H11BrN4S. The fraction of sp³-hybridized carbons (Fsp3) is 0.333. The van der Waals surface area contributed by atoms with Gasteiger partial charge in [0.25, 0.3) is 0 Å². The Hall–Kier alpha value is -0.880. The van der Waals surface area contributed by atoms with Gasteiger partial charge in [-0.05, 0) is 39.4 Å². The van der Waals surface area contributed by atoms with E-state index in [0.717, 1.165) is 22.4 Å². The van der Waals surface area contributed by atoms with Crippen molar-refractivity contribution in [3.63, 3.8) is 0 Å². The van der Waals surface area contributed by atoms with Gasteiger partial charge in [-0.3, -0.25) is 0 Å². The number of nitrogens with zero attached hydrogens (tertiary/aromatic N) is 3. The lowest BCUT2D eigenvalue weighted by molar-refractivity contribution is 0.623. The second-order valence-corrected chi connectivity index (χ2v) is 5.48. The van der Waals surface area contributed by atoms with Crippen molar-refractivity contribution in [2.24, 2.45) is 0 Å². The monoisotopic (exact) mass is 286 g/mol. The summed E-state index contributed by atoms with van der Waals surface area (Å²) in [5.74, 6) is 0.534. The summed E-state index contributed by atoms with van der Waals surface area (Å²) in [6.45, 7) is 2.78. The Labute approximate surface area is 100 Å². The van der Waals surface area contributed by atoms with Gasteiger partial charge in [0.1, 0.15) is 0 Å². The van der Waals surface area contributed by atoms with Gasteiger partial charge in [0, 0.05) is 0 Å². The molecule has 0 aliphatic heterocycles. The highest BCUT2D eigenvalue weighted by molar-refractivity contribution is 9.11. The third kappa shape index (κ3) is 2.21. The zero-order chi connectivity index (χ0) is 10.8. The number of thiophene rings is 1. The molecular weight excluding hydrogens is 276 g/mol. The lowest BCUT2D eigenvalue weighted by atomic mass is 10.3. The molecule has 2 rings (SSSR count). The van der Waals surface area contributed by atoms with Crippen LogP contribution in [0.1, 0.15) is 18.2 Å². The molecule has 0 aliphatic carbocycles. The number of nitrogens with two attached hydrogens (primary N) is 1. The van der Waals surface area contributed by atoms with Crippen molar-refractivity contribution in [2.45, 2.75) is 19.9 Å². The van der Waals surface area contributed by atoms with E-state index < -0.39 is 0 Å². The van der Waals surface area contributed by atoms with Crippen LogP contribution in [0.15, 0.2) is 15.2 Å². The molecule has 6 heteroatoms. The molecule has 2 heterocycles. The molecule has 15 heavy (non-hydrogen) atoms. The fourth-order valence-corrected chi connectivity index (χ4v) is 2.64. The van der Waals surface area contributed by atoms with E-state index in [1.54, 1.807) is 11.3 Å². The van der Waals surface area contributed by atoms with Crippen molar-refractivity contribution in [3.05, 3.63) is 26.5 Å². The van der Waals surface area contributed by atoms with E-state index in [0.29, 0.717) is 5.82 Å². The molecule has 0 saturated heterocycles. The van der Waals surface area contributed by atoms with Crippen LogP contribution in [-0.2, 0) is 13.0 Å². The van der Waals surface area contributed by atoms with E-state index in [1.807, 2.05) is 4.68 Å². The second-order valence-electron chi connectivity index (χ2n) is 3.19. The van der Waals surface area contributed by atoms with Gasteiger partial charge in [-0.25, -0.2) is 4.68 Å². The summed E-state index contributed by atoms with van der Waals surface area (Å²) < 4.78 is 2.98. The van der Waals surface area contributed by atoms with E-state index in [2.05, 4.69) is 44.6 Å². The number of aromatic nitrogens is 3. The standard InChI is InChI=1S/C9H11BrN4S/c1-2-7-9(11)12-13-14(7)4-6-3-8(10)15-5-6/h3,5H,2,4,11H2,1H3. The van der Waals surface area contributed by atoms with Gasteiger partial charge in [-0.15, -0.1) is 16.4 Å². The lowest BCUT2D eigenvalue weighted by Gasteiger charge is -2.02. The first-order valence-corrected chi connectivity index (χ1v) is 6.28. The first kappa shape index (κ1) is 10.6. The van der Waals surface area contributed by atoms with Gasteiger partial charge >= 0.3 is 0 Å². The minimum Gasteiger partial charge on any atom is -0.381 e. The SMILES string of the molecule is CCc1c(N)nnn1Cc1csc(Br)c1. The van der Waals surface area contributed by atoms with E-state index in [-0.39, 0.29) is 0 Å². The first-order valence-electron chi connectivity index (χ1n) is 4.61. The Kier molecular flexibility index (Phi) is 3.06. The van der Waals surface area contributed by atoms with Crippen LogP contribution in [-0.4, -0.2) is 15.0 Å². The Balaban J connectivity index is 2.24. The first-order chi connectivity index (χ1) is 7.20. The van der Waals surface area contributed by atoms with Gasteiger partial charge in [0.15, 0.2) is 5.82 Å². The van der Waals surface area contributed by atoms with Crippen molar-refractivity contribution in [1.29, 1.82) is 0 Å². The Morgan fingerprint density at radius 3 is 3.00 bits per heavy atom. The molecule has 0 aliphatic rings. The lowest BCUT2D eigenvalue weighted by Crippen LogP contribution is -2.05. The van der Waals surface area contributed by atoms with E-state index in [1.165, 1.54) is 5.56 Å². The average molecular weight is 287 g/mol. The quantitative estimate of drug-likeness (QED) is 0.942. The van der Waals surface area contributed by atoms with Crippen LogP contribution in [0.2, 0.25) is 0 Å². The Bertz CT molecular complexity index is 462. The van der Waals surface area contributed by atoms with Gasteiger partial charge < -0.3 is 5.73 Å². The molecule has 0 fully saturated rings. The number of halogens is 1. The van der Waals surface area contributed by atoms with Crippen LogP contribution in [0.3, 0.4) is 0 Å². The van der Waals surface area contributed by atoms with E-state index in [9.17, 15) is 0 Å². The molecule has 4 nitrogen and oxygen atoms in total. The highest BCUT2D eigenvalue weighted by Crippen LogP contribution is 2.21. The summed E-state index contributed by atoms with van der Waals surface area (Å²) in [5, 5.41) is 9.99. The maximum Gasteiger partial charge on any atom is 0.169 e. The highest BCUT2D eigenvalue weighted by Gasteiger charge is 2.08. The van der Waals surface area contributed by atoms with Crippen LogP contribution in [0.25, 0.3) is 0 Å². The molecule has 0 aromatic carbocycles. The predicted octanol–water partition coefficient (Wildman–Crippen LogP) is 2.29. The number of hydrogen-bond acceptors (Lipinski definition) is 4. The van der Waals surface area contributed by atoms with Crippen molar-refractivity contribution < 1.29 is 0 Å². The maximum atomic E-state index is 5.71. The number of nitrogen functional groups attached to an aromatic ring is 1. The molecule has 0 atom stereocenters. The molecule has 0 saturated carbocycles. The van der Waals surface area contributed by atoms with E-state index >= 15 is 0 Å². The smallest absolute Gasteiger partial charge is 0.169 e. The molecule has 2 aromatic rings. The van der Waals surface area contributed by atoms with Gasteiger partial charge in [0.05, 0.1) is 16.0 Å². The second kappa shape index (κ2) is 4.32. The third-order valence-corrected chi connectivity index (χ3v) is 3.71. The Morgan fingerprint density at radius 1 is 1.60 bits per heavy atom. The highest BCUT2D eigenvalue weighted by atomic mass is 79.9. The van der Waals surface area contributed by atoms with Crippen LogP contribution >= 0.6 is 27.3 Å². The predicted molar refractivity (Wildman–Crippen MR) is 64.9 cm³/mol. The van der Waals surface area contributed by atoms with Crippen LogP contribution in [0.4, 0.5) is 5.82 Å². The number of hydrogen-bond donors (Lipinski definition) is 1. The molecule has 0 amide bonds. The normalized spacial score (nSPS) is 10.8. The molecule has 0 unspecified atom stereocenters. The van der Waals surface area contributed by atoms with Crippen LogP contribution in [0.5, 0.6) is 0 Å². The maximum absolute atomic E-state index is 5.71. The third-order valence-electron chi connectivity index (χ3n) is 2.16. The topological polar surface area (TPSA) is 56.7 Å². The summed E-state index contributed by atoms with van der Waals surface area (Å²) in [7, 11) is 0. The summed E-state index contributed by atoms with van der Waals surface area (Å²) in [4.78, 5) is 0. The van der Waals surface area contributed by atoms with Crippen molar-refractivity contribution in [3.8, 4) is 0 Å². The van der Waals surface area contributed by atoms with Crippen molar-refractivity contribution >= 4 is 33.1 Å². The van der Waals surface area contributed by atoms with E-state index in [4.69, 9.17) is 5.73 Å². The van der Waals surface area contributed by atoms with Crippen molar-refractivity contribution in [1.82, 2.24) is 15.0 Å². The average Bonchev–Trinajstić information content (AvgIpc) is 2.75. The number of rotatable bonds is 3. The summed E-state index contributed by atoms with van der Waals surface area (Å²) >= 11 is 5.10. The molecule has 2 aromatic heterocycles.